The first-order valence-corrected chi connectivity index (χ1v) is 7.59. The van der Waals surface area contributed by atoms with Gasteiger partial charge in [0.05, 0.1) is 24.5 Å². The zero-order chi connectivity index (χ0) is 16.2. The van der Waals surface area contributed by atoms with Crippen molar-refractivity contribution in [3.8, 4) is 5.75 Å². The fraction of sp³-hybridized carbons (Fsp3) is 0.333. The smallest absolute Gasteiger partial charge is 0.262 e. The fourth-order valence-electron chi connectivity index (χ4n) is 2.34. The van der Waals surface area contributed by atoms with Crippen molar-refractivity contribution >= 4 is 34.7 Å². The van der Waals surface area contributed by atoms with Crippen molar-refractivity contribution in [2.75, 3.05) is 38.2 Å². The third kappa shape index (κ3) is 3.57. The summed E-state index contributed by atoms with van der Waals surface area (Å²) in [5, 5.41) is 8.67. The van der Waals surface area contributed by atoms with Crippen LogP contribution in [0, 0.1) is 0 Å². The molecule has 122 valence electrons. The van der Waals surface area contributed by atoms with E-state index in [1.165, 1.54) is 0 Å². The Hall–Kier alpha value is -2.25. The Morgan fingerprint density at radius 3 is 2.70 bits per heavy atom. The molecule has 0 atom stereocenters. The number of hydrogen-bond donors (Lipinski definition) is 3. The number of benzene rings is 1. The number of carbonyl (C=O) groups is 2. The van der Waals surface area contributed by atoms with Crippen molar-refractivity contribution in [2.24, 2.45) is 0 Å². The number of hydrogen-bond acceptors (Lipinski definition) is 5. The van der Waals surface area contributed by atoms with E-state index in [9.17, 15) is 9.59 Å². The lowest BCUT2D eigenvalue weighted by Gasteiger charge is -2.20. The van der Waals surface area contributed by atoms with Gasteiger partial charge in [0, 0.05) is 13.1 Å². The predicted molar refractivity (Wildman–Crippen MR) is 85.2 cm³/mol. The number of fused-ring (bicyclic) bond motifs is 1. The number of amides is 2. The van der Waals surface area contributed by atoms with E-state index >= 15 is 0 Å². The van der Waals surface area contributed by atoms with Crippen LogP contribution in [0.25, 0.3) is 5.57 Å². The van der Waals surface area contributed by atoms with E-state index in [0.717, 1.165) is 0 Å². The van der Waals surface area contributed by atoms with Gasteiger partial charge < -0.3 is 25.4 Å². The number of rotatable bonds is 1. The first kappa shape index (κ1) is 15.6. The van der Waals surface area contributed by atoms with Crippen molar-refractivity contribution in [1.29, 1.82) is 0 Å². The molecule has 3 rings (SSSR count). The van der Waals surface area contributed by atoms with Crippen LogP contribution in [0.1, 0.15) is 5.56 Å². The van der Waals surface area contributed by atoms with Gasteiger partial charge in [0.15, 0.2) is 6.61 Å². The minimum atomic E-state index is -0.309. The lowest BCUT2D eigenvalue weighted by molar-refractivity contribution is -0.118. The minimum Gasteiger partial charge on any atom is -0.482 e. The molecule has 1 aromatic carbocycles. The summed E-state index contributed by atoms with van der Waals surface area (Å²) in [6.45, 7) is 1.81. The molecule has 0 saturated carbocycles. The lowest BCUT2D eigenvalue weighted by Crippen LogP contribution is -2.32. The van der Waals surface area contributed by atoms with Gasteiger partial charge in [-0.2, -0.15) is 0 Å². The molecule has 0 unspecified atom stereocenters. The zero-order valence-corrected chi connectivity index (χ0v) is 13.0. The first-order chi connectivity index (χ1) is 11.1. The zero-order valence-electron chi connectivity index (χ0n) is 12.3. The maximum atomic E-state index is 12.4. The molecule has 2 aliphatic rings. The molecule has 0 spiro atoms. The van der Waals surface area contributed by atoms with Gasteiger partial charge in [-0.15, -0.1) is 0 Å². The monoisotopic (exact) mass is 337 g/mol. The standard InChI is InChI=1S/C15H16ClN3O4/c16-14-13(15(21)18-4-6-22-5-3-17-14)9-1-2-11-10(7-9)19-12(20)8-23-11/h1-2,7,17H,3-6,8H2,(H,18,21)(H,19,20)/b14-13-. The van der Waals surface area contributed by atoms with Gasteiger partial charge in [0.1, 0.15) is 10.9 Å². The molecule has 0 aromatic heterocycles. The fourth-order valence-corrected chi connectivity index (χ4v) is 2.63. The van der Waals surface area contributed by atoms with E-state index in [0.29, 0.717) is 48.9 Å². The highest BCUT2D eigenvalue weighted by Crippen LogP contribution is 2.32. The van der Waals surface area contributed by atoms with Gasteiger partial charge in [0.2, 0.25) is 0 Å². The van der Waals surface area contributed by atoms with Crippen LogP contribution in [0.15, 0.2) is 23.4 Å². The van der Waals surface area contributed by atoms with Crippen molar-refractivity contribution in [3.05, 3.63) is 28.9 Å². The lowest BCUT2D eigenvalue weighted by atomic mass is 10.0. The summed E-state index contributed by atoms with van der Waals surface area (Å²) in [5.41, 5.74) is 1.42. The summed E-state index contributed by atoms with van der Waals surface area (Å²) in [7, 11) is 0. The third-order valence-electron chi connectivity index (χ3n) is 3.41. The number of halogens is 1. The largest absolute Gasteiger partial charge is 0.482 e. The Balaban J connectivity index is 1.97. The number of carbonyl (C=O) groups excluding carboxylic acids is 2. The van der Waals surface area contributed by atoms with E-state index in [4.69, 9.17) is 21.1 Å². The van der Waals surface area contributed by atoms with Gasteiger partial charge in [-0.3, -0.25) is 9.59 Å². The summed E-state index contributed by atoms with van der Waals surface area (Å²) < 4.78 is 10.6. The molecule has 0 aliphatic carbocycles. The van der Waals surface area contributed by atoms with Crippen LogP contribution in [0.5, 0.6) is 5.75 Å². The van der Waals surface area contributed by atoms with Crippen LogP contribution in [-0.4, -0.2) is 44.7 Å². The highest BCUT2D eigenvalue weighted by atomic mass is 35.5. The van der Waals surface area contributed by atoms with Crippen molar-refractivity contribution < 1.29 is 19.1 Å². The quantitative estimate of drug-likeness (QED) is 0.655. The van der Waals surface area contributed by atoms with Crippen LogP contribution in [-0.2, 0) is 14.3 Å². The molecule has 8 heteroatoms. The van der Waals surface area contributed by atoms with Crippen LogP contribution in [0.3, 0.4) is 0 Å². The van der Waals surface area contributed by atoms with Crippen molar-refractivity contribution in [3.63, 3.8) is 0 Å². The molecule has 0 bridgehead atoms. The Kier molecular flexibility index (Phi) is 4.68. The van der Waals surface area contributed by atoms with E-state index in [1.54, 1.807) is 18.2 Å². The van der Waals surface area contributed by atoms with Crippen LogP contribution in [0.4, 0.5) is 5.69 Å². The number of nitrogens with one attached hydrogen (secondary N) is 3. The highest BCUT2D eigenvalue weighted by molar-refractivity contribution is 6.39. The molecule has 2 heterocycles. The molecule has 2 aliphatic heterocycles. The highest BCUT2D eigenvalue weighted by Gasteiger charge is 2.21. The normalized spacial score (nSPS) is 22.1. The second-order valence-corrected chi connectivity index (χ2v) is 5.41. The van der Waals surface area contributed by atoms with Gasteiger partial charge in [-0.05, 0) is 17.7 Å². The van der Waals surface area contributed by atoms with Gasteiger partial charge >= 0.3 is 0 Å². The number of ether oxygens (including phenoxy) is 2. The molecule has 0 saturated heterocycles. The second-order valence-electron chi connectivity index (χ2n) is 5.03. The molecule has 3 N–H and O–H groups in total. The topological polar surface area (TPSA) is 88.7 Å². The summed E-state index contributed by atoms with van der Waals surface area (Å²) in [6, 6.07) is 5.11. The average Bonchev–Trinajstić information content (AvgIpc) is 2.53. The molecular formula is C15H16ClN3O4. The van der Waals surface area contributed by atoms with Gasteiger partial charge in [0.25, 0.3) is 11.8 Å². The van der Waals surface area contributed by atoms with Crippen molar-refractivity contribution in [2.45, 2.75) is 0 Å². The minimum absolute atomic E-state index is 0.0160. The summed E-state index contributed by atoms with van der Waals surface area (Å²) >= 11 is 6.26. The Morgan fingerprint density at radius 2 is 1.87 bits per heavy atom. The van der Waals surface area contributed by atoms with Crippen LogP contribution < -0.4 is 20.7 Å². The van der Waals surface area contributed by atoms with Gasteiger partial charge in [-0.1, -0.05) is 17.7 Å². The third-order valence-corrected chi connectivity index (χ3v) is 3.73. The molecule has 0 fully saturated rings. The molecule has 0 radical (unpaired) electrons. The summed E-state index contributed by atoms with van der Waals surface area (Å²) in [4.78, 5) is 23.9. The van der Waals surface area contributed by atoms with Crippen LogP contribution >= 0.6 is 11.6 Å². The molecule has 2 amide bonds. The SMILES string of the molecule is O=C1COc2ccc(/C3=C(\Cl)NCCOCCNC3=O)cc2N1. The average molecular weight is 338 g/mol. The summed E-state index contributed by atoms with van der Waals surface area (Å²) in [5.74, 6) is 0.0168. The Labute approximate surface area is 138 Å². The number of anilines is 1. The van der Waals surface area contributed by atoms with E-state index in [1.807, 2.05) is 0 Å². The van der Waals surface area contributed by atoms with E-state index < -0.39 is 0 Å². The summed E-state index contributed by atoms with van der Waals surface area (Å²) in [6.07, 6.45) is 0. The predicted octanol–water partition coefficient (Wildman–Crippen LogP) is 0.661. The Bertz CT molecular complexity index is 675. The molecule has 1 aromatic rings. The molecule has 23 heavy (non-hydrogen) atoms. The first-order valence-electron chi connectivity index (χ1n) is 7.22. The Morgan fingerprint density at radius 1 is 1.09 bits per heavy atom. The second kappa shape index (κ2) is 6.89. The molecule has 7 nitrogen and oxygen atoms in total. The molecular weight excluding hydrogens is 322 g/mol. The van der Waals surface area contributed by atoms with Crippen LogP contribution in [0.2, 0.25) is 0 Å². The van der Waals surface area contributed by atoms with E-state index in [-0.39, 0.29) is 23.6 Å². The van der Waals surface area contributed by atoms with Gasteiger partial charge in [-0.25, -0.2) is 0 Å². The van der Waals surface area contributed by atoms with Crippen molar-refractivity contribution in [1.82, 2.24) is 10.6 Å². The maximum Gasteiger partial charge on any atom is 0.262 e. The maximum absolute atomic E-state index is 12.4. The van der Waals surface area contributed by atoms with E-state index in [2.05, 4.69) is 16.0 Å².